The summed E-state index contributed by atoms with van der Waals surface area (Å²) in [6.07, 6.45) is 0. The second kappa shape index (κ2) is 8.32. The van der Waals surface area contributed by atoms with Crippen LogP contribution in [0.15, 0.2) is 0 Å². The van der Waals surface area contributed by atoms with Crippen molar-refractivity contribution < 1.29 is 24.7 Å². The average Bonchev–Trinajstić information content (AvgIpc) is 0.722. The Bertz CT molecular complexity index is 27.9. The molecular weight excluding hydrogens is 159 g/mol. The van der Waals surface area contributed by atoms with Crippen LogP contribution >= 0.6 is 0 Å². The third-order valence-corrected chi connectivity index (χ3v) is 0. The summed E-state index contributed by atoms with van der Waals surface area (Å²) >= 11 is 0. The van der Waals surface area contributed by atoms with E-state index in [1.54, 1.807) is 0 Å². The van der Waals surface area contributed by atoms with Gasteiger partial charge in [-0.2, -0.15) is 0 Å². The van der Waals surface area contributed by atoms with E-state index in [1.165, 1.54) is 0 Å². The molecule has 0 fully saturated rings. The van der Waals surface area contributed by atoms with Crippen LogP contribution in [0.3, 0.4) is 0 Å². The van der Waals surface area contributed by atoms with Crippen LogP contribution in [0, 0.1) is 0 Å². The van der Waals surface area contributed by atoms with Gasteiger partial charge in [-0.15, -0.1) is 0 Å². The zero-order chi connectivity index (χ0) is 4.50. The van der Waals surface area contributed by atoms with E-state index >= 15 is 0 Å². The molecule has 0 bridgehead atoms. The Hall–Kier alpha value is 1.32. The fraction of sp³-hybridized carbons (Fsp3) is 0. The SMILES string of the molecule is O[Si](O)(O)O.[Al+3].[Mg+2].[O-2]. The first-order valence-electron chi connectivity index (χ1n) is 0.894. The Kier molecular flexibility index (Phi) is 23.7. The Morgan fingerprint density at radius 3 is 0.875 bits per heavy atom. The molecule has 0 heterocycles. The van der Waals surface area contributed by atoms with Crippen LogP contribution in [-0.4, -0.2) is 68.6 Å². The van der Waals surface area contributed by atoms with Gasteiger partial charge in [-0.05, 0) is 0 Å². The van der Waals surface area contributed by atoms with Crippen molar-refractivity contribution in [3.8, 4) is 0 Å². The van der Waals surface area contributed by atoms with Crippen molar-refractivity contribution in [1.29, 1.82) is 0 Å². The molecule has 0 aromatic carbocycles. The summed E-state index contributed by atoms with van der Waals surface area (Å²) in [5.41, 5.74) is 0. The van der Waals surface area contributed by atoms with E-state index in [0.29, 0.717) is 0 Å². The van der Waals surface area contributed by atoms with Gasteiger partial charge >= 0.3 is 49.5 Å². The third kappa shape index (κ3) is 169. The maximum absolute atomic E-state index is 7.33. The maximum Gasteiger partial charge on any atom is 3.00 e. The molecule has 0 aliphatic heterocycles. The van der Waals surface area contributed by atoms with E-state index < -0.39 is 9.05 Å². The summed E-state index contributed by atoms with van der Waals surface area (Å²) in [4.78, 5) is 29.3. The van der Waals surface area contributed by atoms with Gasteiger partial charge in [-0.3, -0.25) is 0 Å². The van der Waals surface area contributed by atoms with Crippen LogP contribution in [0.25, 0.3) is 0 Å². The molecule has 0 radical (unpaired) electrons. The topological polar surface area (TPSA) is 109 Å². The first kappa shape index (κ1) is 22.8. The first-order chi connectivity index (χ1) is 2.00. The predicted octanol–water partition coefficient (Wildman–Crippen LogP) is -3.49. The second-order valence-electron chi connectivity index (χ2n) is 0.600. The monoisotopic (exact) mass is 163 g/mol. The van der Waals surface area contributed by atoms with E-state index in [0.717, 1.165) is 0 Å². The standard InChI is InChI=1S/Al.Mg.H4O4Si.O/c;;1-5(2,3)4;/h;;1-4H;/q+3;+2;;-2. The molecule has 8 heteroatoms. The van der Waals surface area contributed by atoms with E-state index in [-0.39, 0.29) is 45.9 Å². The van der Waals surface area contributed by atoms with E-state index in [4.69, 9.17) is 19.2 Å². The normalized spacial score (nSPS) is 7.50. The molecule has 0 spiro atoms. The maximum atomic E-state index is 7.33. The van der Waals surface area contributed by atoms with E-state index in [9.17, 15) is 0 Å². The Morgan fingerprint density at radius 2 is 0.875 bits per heavy atom. The van der Waals surface area contributed by atoms with Gasteiger partial charge in [-0.25, -0.2) is 0 Å². The van der Waals surface area contributed by atoms with Crippen LogP contribution < -0.4 is 0 Å². The zero-order valence-corrected chi connectivity index (χ0v) is 7.55. The first-order valence-corrected chi connectivity index (χ1v) is 2.68. The van der Waals surface area contributed by atoms with Gasteiger partial charge in [0.1, 0.15) is 0 Å². The fourth-order valence-electron chi connectivity index (χ4n) is 0. The molecule has 0 rings (SSSR count). The van der Waals surface area contributed by atoms with E-state index in [1.807, 2.05) is 0 Å². The summed E-state index contributed by atoms with van der Waals surface area (Å²) in [5.74, 6) is 0. The largest absolute Gasteiger partial charge is 3.00 e. The second-order valence-corrected chi connectivity index (χ2v) is 1.80. The van der Waals surface area contributed by atoms with Crippen LogP contribution in [0.2, 0.25) is 0 Å². The Labute approximate surface area is 74.0 Å². The number of rotatable bonds is 0. The van der Waals surface area contributed by atoms with Gasteiger partial charge in [0.2, 0.25) is 0 Å². The minimum absolute atomic E-state index is 0. The minimum Gasteiger partial charge on any atom is -2.00 e. The summed E-state index contributed by atoms with van der Waals surface area (Å²) in [6, 6.07) is 0. The van der Waals surface area contributed by atoms with Gasteiger partial charge in [0.15, 0.2) is 0 Å². The predicted molar refractivity (Wildman–Crippen MR) is 26.8 cm³/mol. The Morgan fingerprint density at radius 1 is 0.875 bits per heavy atom. The minimum atomic E-state index is -4.61. The molecule has 0 aromatic rings. The molecule has 0 unspecified atom stereocenters. The molecule has 0 aromatic heterocycles. The van der Waals surface area contributed by atoms with Gasteiger partial charge in [0.25, 0.3) is 0 Å². The quantitative estimate of drug-likeness (QED) is 0.278. The van der Waals surface area contributed by atoms with Crippen molar-refractivity contribution in [2.24, 2.45) is 0 Å². The van der Waals surface area contributed by atoms with Crippen molar-refractivity contribution in [3.63, 3.8) is 0 Å². The molecule has 0 atom stereocenters. The average molecular weight is 163 g/mol. The van der Waals surface area contributed by atoms with Crippen LogP contribution in [0.5, 0.6) is 0 Å². The van der Waals surface area contributed by atoms with Gasteiger partial charge < -0.3 is 24.7 Å². The van der Waals surface area contributed by atoms with Crippen LogP contribution in [0.1, 0.15) is 0 Å². The van der Waals surface area contributed by atoms with Crippen molar-refractivity contribution in [1.82, 2.24) is 0 Å². The molecule has 8 heavy (non-hydrogen) atoms. The Balaban J connectivity index is -0.0000000267. The van der Waals surface area contributed by atoms with Gasteiger partial charge in [0, 0.05) is 0 Å². The molecule has 0 saturated heterocycles. The third-order valence-electron chi connectivity index (χ3n) is 0. The molecule has 4 N–H and O–H groups in total. The fourth-order valence-corrected chi connectivity index (χ4v) is 0. The molecule has 0 aliphatic carbocycles. The molecule has 0 aliphatic rings. The number of hydrogen-bond donors (Lipinski definition) is 4. The molecule has 0 amide bonds. The summed E-state index contributed by atoms with van der Waals surface area (Å²) in [7, 11) is -4.61. The molecule has 0 saturated carbocycles. The molecule has 40 valence electrons. The van der Waals surface area contributed by atoms with Crippen molar-refractivity contribution in [2.75, 3.05) is 0 Å². The number of hydrogen-bond acceptors (Lipinski definition) is 4. The van der Waals surface area contributed by atoms with Crippen molar-refractivity contribution >= 4 is 49.5 Å². The van der Waals surface area contributed by atoms with Crippen LogP contribution in [0.4, 0.5) is 0 Å². The summed E-state index contributed by atoms with van der Waals surface area (Å²) in [6.45, 7) is 0. The van der Waals surface area contributed by atoms with Gasteiger partial charge in [0.05, 0.1) is 0 Å². The molecule has 5 nitrogen and oxygen atoms in total. The summed E-state index contributed by atoms with van der Waals surface area (Å²) in [5, 5.41) is 0. The summed E-state index contributed by atoms with van der Waals surface area (Å²) < 4.78 is 0. The van der Waals surface area contributed by atoms with Crippen molar-refractivity contribution in [3.05, 3.63) is 0 Å². The zero-order valence-electron chi connectivity index (χ0n) is 3.98. The van der Waals surface area contributed by atoms with E-state index in [2.05, 4.69) is 0 Å². The van der Waals surface area contributed by atoms with Gasteiger partial charge in [-0.1, -0.05) is 0 Å². The smallest absolute Gasteiger partial charge is 2.00 e. The van der Waals surface area contributed by atoms with Crippen LogP contribution in [-0.2, 0) is 5.48 Å². The van der Waals surface area contributed by atoms with Crippen molar-refractivity contribution in [2.45, 2.75) is 0 Å². The molecular formula is H4AlMgO5Si+3.